The number of hydrogen-bond acceptors (Lipinski definition) is 2. The third-order valence-corrected chi connectivity index (χ3v) is 2.64. The maximum Gasteiger partial charge on any atom is 0.471 e. The van der Waals surface area contributed by atoms with Crippen LogP contribution in [-0.4, -0.2) is 24.5 Å². The third-order valence-electron chi connectivity index (χ3n) is 2.64. The molecule has 1 aliphatic carbocycles. The van der Waals surface area contributed by atoms with Crippen molar-refractivity contribution in [3.63, 3.8) is 0 Å². The number of hydrogen-bond donors (Lipinski definition) is 2. The zero-order valence-corrected chi connectivity index (χ0v) is 9.01. The van der Waals surface area contributed by atoms with Gasteiger partial charge in [-0.3, -0.25) is 9.59 Å². The van der Waals surface area contributed by atoms with Gasteiger partial charge in [-0.2, -0.15) is 13.2 Å². The lowest BCUT2D eigenvalue weighted by molar-refractivity contribution is -0.173. The molecule has 0 heterocycles. The van der Waals surface area contributed by atoms with Crippen LogP contribution in [0.2, 0.25) is 0 Å². The summed E-state index contributed by atoms with van der Waals surface area (Å²) in [6.45, 7) is -0.0408. The Kier molecular flexibility index (Phi) is 4.14. The average Bonchev–Trinajstić information content (AvgIpc) is 2.25. The Hall–Kier alpha value is -1.53. The van der Waals surface area contributed by atoms with Gasteiger partial charge in [0.05, 0.1) is 0 Å². The minimum Gasteiger partial charge on any atom is -0.366 e. The Balaban J connectivity index is 2.37. The van der Waals surface area contributed by atoms with Crippen molar-refractivity contribution in [3.8, 4) is 0 Å². The van der Waals surface area contributed by atoms with E-state index in [0.717, 1.165) is 0 Å². The van der Waals surface area contributed by atoms with E-state index < -0.39 is 18.0 Å². The van der Waals surface area contributed by atoms with E-state index in [-0.39, 0.29) is 12.5 Å². The largest absolute Gasteiger partial charge is 0.471 e. The molecule has 17 heavy (non-hydrogen) atoms. The standard InChI is InChI=1S/C10H13F3N2O2/c11-10(12,13)9(17)15-5-6-1-3-7(4-2-6)8(14)16/h3,6H,1-2,4-5H2,(H2,14,16)(H,15,17)/t6-/m0/s1. The lowest BCUT2D eigenvalue weighted by atomic mass is 9.89. The van der Waals surface area contributed by atoms with E-state index in [2.05, 4.69) is 0 Å². The van der Waals surface area contributed by atoms with Crippen molar-refractivity contribution < 1.29 is 22.8 Å². The number of nitrogens with one attached hydrogen (secondary N) is 1. The lowest BCUT2D eigenvalue weighted by Crippen LogP contribution is -2.39. The second-order valence-electron chi connectivity index (χ2n) is 3.94. The van der Waals surface area contributed by atoms with Crippen LogP contribution in [0.25, 0.3) is 0 Å². The minimum atomic E-state index is -4.84. The van der Waals surface area contributed by atoms with E-state index in [9.17, 15) is 22.8 Å². The summed E-state index contributed by atoms with van der Waals surface area (Å²) in [6, 6.07) is 0. The molecular formula is C10H13F3N2O2. The fraction of sp³-hybridized carbons (Fsp3) is 0.600. The molecule has 0 saturated heterocycles. The molecule has 0 spiro atoms. The fourth-order valence-corrected chi connectivity index (χ4v) is 1.63. The highest BCUT2D eigenvalue weighted by Gasteiger charge is 2.38. The molecule has 0 unspecified atom stereocenters. The molecule has 0 radical (unpaired) electrons. The van der Waals surface area contributed by atoms with Crippen LogP contribution in [0.4, 0.5) is 13.2 Å². The van der Waals surface area contributed by atoms with Gasteiger partial charge in [0.2, 0.25) is 5.91 Å². The third kappa shape index (κ3) is 4.08. The first-order valence-electron chi connectivity index (χ1n) is 5.14. The van der Waals surface area contributed by atoms with E-state index in [1.807, 2.05) is 5.32 Å². The van der Waals surface area contributed by atoms with Crippen molar-refractivity contribution >= 4 is 11.8 Å². The molecule has 7 heteroatoms. The number of allylic oxidation sites excluding steroid dienone is 1. The van der Waals surface area contributed by atoms with Crippen LogP contribution in [0.15, 0.2) is 11.6 Å². The van der Waals surface area contributed by atoms with Crippen molar-refractivity contribution in [1.82, 2.24) is 5.32 Å². The minimum absolute atomic E-state index is 0.0408. The second-order valence-corrected chi connectivity index (χ2v) is 3.94. The molecule has 1 aliphatic rings. The van der Waals surface area contributed by atoms with Gasteiger partial charge in [-0.1, -0.05) is 6.08 Å². The van der Waals surface area contributed by atoms with Crippen LogP contribution in [0.1, 0.15) is 19.3 Å². The zero-order valence-electron chi connectivity index (χ0n) is 9.01. The summed E-state index contributed by atoms with van der Waals surface area (Å²) in [5.74, 6) is -2.51. The van der Waals surface area contributed by atoms with E-state index >= 15 is 0 Å². The maximum atomic E-state index is 11.9. The van der Waals surface area contributed by atoms with Crippen molar-refractivity contribution in [2.24, 2.45) is 11.7 Å². The highest BCUT2D eigenvalue weighted by molar-refractivity contribution is 5.92. The first-order chi connectivity index (χ1) is 7.80. The molecule has 0 aliphatic heterocycles. The molecule has 96 valence electrons. The Morgan fingerprint density at radius 2 is 2.12 bits per heavy atom. The SMILES string of the molecule is NC(=O)C1=CC[C@H](CNC(=O)C(F)(F)F)CC1. The zero-order chi connectivity index (χ0) is 13.1. The highest BCUT2D eigenvalue weighted by Crippen LogP contribution is 2.23. The van der Waals surface area contributed by atoms with Gasteiger partial charge in [-0.15, -0.1) is 0 Å². The van der Waals surface area contributed by atoms with E-state index in [1.165, 1.54) is 0 Å². The number of alkyl halides is 3. The van der Waals surface area contributed by atoms with Gasteiger partial charge in [0.15, 0.2) is 0 Å². The molecule has 0 saturated carbocycles. The summed E-state index contributed by atoms with van der Waals surface area (Å²) in [6.07, 6.45) is -1.77. The van der Waals surface area contributed by atoms with Gasteiger partial charge in [-0.25, -0.2) is 0 Å². The number of amides is 2. The predicted octanol–water partition coefficient (Wildman–Crippen LogP) is 0.877. The van der Waals surface area contributed by atoms with E-state index in [0.29, 0.717) is 24.8 Å². The highest BCUT2D eigenvalue weighted by atomic mass is 19.4. The fourth-order valence-electron chi connectivity index (χ4n) is 1.63. The summed E-state index contributed by atoms with van der Waals surface area (Å²) in [7, 11) is 0. The summed E-state index contributed by atoms with van der Waals surface area (Å²) < 4.78 is 35.7. The molecule has 0 aromatic carbocycles. The lowest BCUT2D eigenvalue weighted by Gasteiger charge is -2.21. The molecule has 4 nitrogen and oxygen atoms in total. The van der Waals surface area contributed by atoms with Gasteiger partial charge in [0.25, 0.3) is 0 Å². The van der Waals surface area contributed by atoms with Gasteiger partial charge in [0.1, 0.15) is 0 Å². The van der Waals surface area contributed by atoms with Crippen molar-refractivity contribution in [3.05, 3.63) is 11.6 Å². The first kappa shape index (κ1) is 13.5. The first-order valence-corrected chi connectivity index (χ1v) is 5.14. The summed E-state index contributed by atoms with van der Waals surface area (Å²) in [5.41, 5.74) is 5.57. The molecule has 1 rings (SSSR count). The number of carbonyl (C=O) groups is 2. The molecule has 1 atom stereocenters. The molecule has 0 bridgehead atoms. The van der Waals surface area contributed by atoms with Crippen molar-refractivity contribution in [2.75, 3.05) is 6.54 Å². The maximum absolute atomic E-state index is 11.9. The van der Waals surface area contributed by atoms with Crippen LogP contribution in [-0.2, 0) is 9.59 Å². The number of nitrogens with two attached hydrogens (primary N) is 1. The monoisotopic (exact) mass is 250 g/mol. The van der Waals surface area contributed by atoms with Crippen molar-refractivity contribution in [1.29, 1.82) is 0 Å². The van der Waals surface area contributed by atoms with Crippen LogP contribution < -0.4 is 11.1 Å². The second kappa shape index (κ2) is 5.20. The Morgan fingerprint density at radius 3 is 2.53 bits per heavy atom. The van der Waals surface area contributed by atoms with Crippen molar-refractivity contribution in [2.45, 2.75) is 25.4 Å². The van der Waals surface area contributed by atoms with E-state index in [1.54, 1.807) is 6.08 Å². The smallest absolute Gasteiger partial charge is 0.366 e. The molecule has 0 fully saturated rings. The van der Waals surface area contributed by atoms with Gasteiger partial charge in [0, 0.05) is 12.1 Å². The topological polar surface area (TPSA) is 72.2 Å². The van der Waals surface area contributed by atoms with Crippen LogP contribution >= 0.6 is 0 Å². The predicted molar refractivity (Wildman–Crippen MR) is 53.7 cm³/mol. The van der Waals surface area contributed by atoms with Gasteiger partial charge < -0.3 is 11.1 Å². The molecule has 0 aromatic rings. The Morgan fingerprint density at radius 1 is 1.47 bits per heavy atom. The molecule has 2 amide bonds. The summed E-state index contributed by atoms with van der Waals surface area (Å²) in [4.78, 5) is 21.3. The van der Waals surface area contributed by atoms with Crippen LogP contribution in [0, 0.1) is 5.92 Å². The quantitative estimate of drug-likeness (QED) is 0.780. The number of rotatable bonds is 3. The van der Waals surface area contributed by atoms with Crippen LogP contribution in [0.3, 0.4) is 0 Å². The number of halogens is 3. The molecule has 0 aromatic heterocycles. The average molecular weight is 250 g/mol. The molecule has 3 N–H and O–H groups in total. The summed E-state index contributed by atoms with van der Waals surface area (Å²) in [5, 5.41) is 1.83. The Bertz CT molecular complexity index is 350. The number of carbonyl (C=O) groups excluding carboxylic acids is 2. The van der Waals surface area contributed by atoms with Gasteiger partial charge >= 0.3 is 12.1 Å². The normalized spacial score (nSPS) is 20.6. The Labute approximate surface area is 96.0 Å². The van der Waals surface area contributed by atoms with Crippen LogP contribution in [0.5, 0.6) is 0 Å². The van der Waals surface area contributed by atoms with E-state index in [4.69, 9.17) is 5.73 Å². The molecular weight excluding hydrogens is 237 g/mol. The van der Waals surface area contributed by atoms with Gasteiger partial charge in [-0.05, 0) is 25.2 Å². The summed E-state index contributed by atoms with van der Waals surface area (Å²) >= 11 is 0. The number of primary amides is 1.